The molecule has 1 amide bonds. The van der Waals surface area contributed by atoms with Crippen LogP contribution >= 0.6 is 0 Å². The molecule has 1 aromatic carbocycles. The third kappa shape index (κ3) is 4.70. The number of carbonyl (C=O) groups excluding carboxylic acids is 1. The van der Waals surface area contributed by atoms with Crippen molar-refractivity contribution in [3.8, 4) is 0 Å². The number of morpholine rings is 1. The molecule has 1 aliphatic rings. The van der Waals surface area contributed by atoms with Gasteiger partial charge in [0, 0.05) is 26.2 Å². The minimum absolute atomic E-state index is 0.0358. The van der Waals surface area contributed by atoms with Crippen molar-refractivity contribution in [2.75, 3.05) is 50.0 Å². The summed E-state index contributed by atoms with van der Waals surface area (Å²) in [6.45, 7) is 4.82. The number of benzene rings is 1. The van der Waals surface area contributed by atoms with Gasteiger partial charge < -0.3 is 15.4 Å². The molecule has 0 atom stereocenters. The van der Waals surface area contributed by atoms with Gasteiger partial charge in [-0.15, -0.1) is 10.2 Å². The Labute approximate surface area is 149 Å². The average molecular weight is 363 g/mol. The van der Waals surface area contributed by atoms with Crippen molar-refractivity contribution in [2.24, 2.45) is 0 Å². The molecule has 9 heteroatoms. The van der Waals surface area contributed by atoms with Gasteiger partial charge in [-0.25, -0.2) is 8.78 Å². The summed E-state index contributed by atoms with van der Waals surface area (Å²) in [4.78, 5) is 14.3. The fraction of sp³-hybridized carbons (Fsp3) is 0.353. The summed E-state index contributed by atoms with van der Waals surface area (Å²) < 4.78 is 32.4. The number of para-hydroxylation sites is 1. The van der Waals surface area contributed by atoms with Crippen LogP contribution in [-0.4, -0.2) is 60.4 Å². The maximum absolute atomic E-state index is 13.6. The summed E-state index contributed by atoms with van der Waals surface area (Å²) in [5, 5.41) is 13.0. The van der Waals surface area contributed by atoms with Gasteiger partial charge >= 0.3 is 0 Å². The van der Waals surface area contributed by atoms with Crippen LogP contribution < -0.4 is 10.6 Å². The SMILES string of the molecule is O=C(Nc1c(F)cccc1F)c1ccc(NCCN2CCOCC2)nn1. The van der Waals surface area contributed by atoms with E-state index in [0.29, 0.717) is 12.4 Å². The zero-order chi connectivity index (χ0) is 18.4. The number of nitrogens with zero attached hydrogens (tertiary/aromatic N) is 3. The van der Waals surface area contributed by atoms with E-state index in [4.69, 9.17) is 4.74 Å². The van der Waals surface area contributed by atoms with Gasteiger partial charge in [-0.3, -0.25) is 9.69 Å². The lowest BCUT2D eigenvalue weighted by molar-refractivity contribution is 0.0398. The molecule has 138 valence electrons. The van der Waals surface area contributed by atoms with Gasteiger partial charge in [0.2, 0.25) is 0 Å². The standard InChI is InChI=1S/C17H19F2N5O2/c18-12-2-1-3-13(19)16(12)21-17(25)14-4-5-15(23-22-14)20-6-7-24-8-10-26-11-9-24/h1-5H,6-11H2,(H,20,23)(H,21,25). The number of hydrogen-bond acceptors (Lipinski definition) is 6. The van der Waals surface area contributed by atoms with Gasteiger partial charge in [0.15, 0.2) is 5.69 Å². The molecule has 1 fully saturated rings. The van der Waals surface area contributed by atoms with Crippen molar-refractivity contribution in [2.45, 2.75) is 0 Å². The van der Waals surface area contributed by atoms with Crippen LogP contribution in [0.4, 0.5) is 20.3 Å². The minimum Gasteiger partial charge on any atom is -0.379 e. The predicted octanol–water partition coefficient (Wildman–Crippen LogP) is 1.75. The van der Waals surface area contributed by atoms with E-state index >= 15 is 0 Å². The normalized spacial score (nSPS) is 14.8. The van der Waals surface area contributed by atoms with E-state index in [2.05, 4.69) is 25.7 Å². The lowest BCUT2D eigenvalue weighted by atomic mass is 10.2. The molecule has 1 aromatic heterocycles. The summed E-state index contributed by atoms with van der Waals surface area (Å²) in [5.41, 5.74) is -0.543. The Kier molecular flexibility index (Phi) is 6.03. The molecule has 0 spiro atoms. The highest BCUT2D eigenvalue weighted by Crippen LogP contribution is 2.18. The number of aromatic nitrogens is 2. The Bertz CT molecular complexity index is 731. The molecule has 2 aromatic rings. The summed E-state index contributed by atoms with van der Waals surface area (Å²) in [6.07, 6.45) is 0. The van der Waals surface area contributed by atoms with E-state index in [1.807, 2.05) is 0 Å². The fourth-order valence-corrected chi connectivity index (χ4v) is 2.51. The molecule has 26 heavy (non-hydrogen) atoms. The molecule has 1 saturated heterocycles. The number of ether oxygens (including phenoxy) is 1. The Morgan fingerprint density at radius 3 is 2.50 bits per heavy atom. The van der Waals surface area contributed by atoms with Crippen LogP contribution in [0.15, 0.2) is 30.3 Å². The summed E-state index contributed by atoms with van der Waals surface area (Å²) >= 11 is 0. The lowest BCUT2D eigenvalue weighted by Crippen LogP contribution is -2.39. The summed E-state index contributed by atoms with van der Waals surface area (Å²) in [7, 11) is 0. The van der Waals surface area contributed by atoms with Crippen LogP contribution in [0.5, 0.6) is 0 Å². The molecule has 0 saturated carbocycles. The first-order valence-electron chi connectivity index (χ1n) is 8.26. The second-order valence-corrected chi connectivity index (χ2v) is 5.74. The maximum atomic E-state index is 13.6. The molecule has 0 radical (unpaired) electrons. The monoisotopic (exact) mass is 363 g/mol. The fourth-order valence-electron chi connectivity index (χ4n) is 2.51. The number of nitrogens with one attached hydrogen (secondary N) is 2. The van der Waals surface area contributed by atoms with Crippen molar-refractivity contribution < 1.29 is 18.3 Å². The Morgan fingerprint density at radius 2 is 1.85 bits per heavy atom. The van der Waals surface area contributed by atoms with Gasteiger partial charge in [0.25, 0.3) is 5.91 Å². The number of amides is 1. The van der Waals surface area contributed by atoms with E-state index in [1.54, 1.807) is 6.07 Å². The zero-order valence-electron chi connectivity index (χ0n) is 14.0. The number of halogens is 2. The molecule has 3 rings (SSSR count). The molecule has 7 nitrogen and oxygen atoms in total. The Balaban J connectivity index is 1.52. The Hall–Kier alpha value is -2.65. The van der Waals surface area contributed by atoms with Crippen LogP contribution in [0.2, 0.25) is 0 Å². The van der Waals surface area contributed by atoms with Crippen molar-refractivity contribution in [1.82, 2.24) is 15.1 Å². The molecule has 2 N–H and O–H groups in total. The first-order valence-corrected chi connectivity index (χ1v) is 8.26. The largest absolute Gasteiger partial charge is 0.379 e. The van der Waals surface area contributed by atoms with Gasteiger partial charge in [-0.05, 0) is 24.3 Å². The molecule has 1 aliphatic heterocycles. The van der Waals surface area contributed by atoms with Crippen LogP contribution in [-0.2, 0) is 4.74 Å². The Morgan fingerprint density at radius 1 is 1.12 bits per heavy atom. The van der Waals surface area contributed by atoms with Gasteiger partial charge in [-0.2, -0.15) is 0 Å². The van der Waals surface area contributed by atoms with Crippen molar-refractivity contribution in [1.29, 1.82) is 0 Å². The highest BCUT2D eigenvalue weighted by Gasteiger charge is 2.15. The van der Waals surface area contributed by atoms with Crippen LogP contribution in [0.25, 0.3) is 0 Å². The number of anilines is 2. The number of hydrogen-bond donors (Lipinski definition) is 2. The minimum atomic E-state index is -0.854. The summed E-state index contributed by atoms with van der Waals surface area (Å²) in [5.74, 6) is -1.92. The van der Waals surface area contributed by atoms with Gasteiger partial charge in [0.05, 0.1) is 13.2 Å². The van der Waals surface area contributed by atoms with E-state index in [1.165, 1.54) is 12.1 Å². The second-order valence-electron chi connectivity index (χ2n) is 5.74. The van der Waals surface area contributed by atoms with E-state index in [0.717, 1.165) is 45.0 Å². The van der Waals surface area contributed by atoms with Crippen LogP contribution in [0, 0.1) is 11.6 Å². The average Bonchev–Trinajstić information content (AvgIpc) is 2.66. The van der Waals surface area contributed by atoms with Crippen LogP contribution in [0.1, 0.15) is 10.5 Å². The third-order valence-electron chi connectivity index (χ3n) is 3.94. The number of rotatable bonds is 6. The lowest BCUT2D eigenvalue weighted by Gasteiger charge is -2.26. The molecular weight excluding hydrogens is 344 g/mol. The third-order valence-corrected chi connectivity index (χ3v) is 3.94. The van der Waals surface area contributed by atoms with Crippen LogP contribution in [0.3, 0.4) is 0 Å². The molecular formula is C17H19F2N5O2. The molecule has 0 bridgehead atoms. The quantitative estimate of drug-likeness (QED) is 0.814. The van der Waals surface area contributed by atoms with E-state index < -0.39 is 23.2 Å². The summed E-state index contributed by atoms with van der Waals surface area (Å²) in [6, 6.07) is 6.38. The molecule has 0 aliphatic carbocycles. The second kappa shape index (κ2) is 8.63. The zero-order valence-corrected chi connectivity index (χ0v) is 14.0. The van der Waals surface area contributed by atoms with Gasteiger partial charge in [0.1, 0.15) is 23.1 Å². The first-order chi connectivity index (χ1) is 12.6. The van der Waals surface area contributed by atoms with E-state index in [9.17, 15) is 13.6 Å². The van der Waals surface area contributed by atoms with Gasteiger partial charge in [-0.1, -0.05) is 6.07 Å². The highest BCUT2D eigenvalue weighted by atomic mass is 19.1. The van der Waals surface area contributed by atoms with E-state index in [-0.39, 0.29) is 5.69 Å². The predicted molar refractivity (Wildman–Crippen MR) is 92.1 cm³/mol. The van der Waals surface area contributed by atoms with Crippen molar-refractivity contribution in [3.05, 3.63) is 47.7 Å². The molecule has 2 heterocycles. The maximum Gasteiger partial charge on any atom is 0.276 e. The topological polar surface area (TPSA) is 79.4 Å². The molecule has 0 unspecified atom stereocenters. The first kappa shape index (κ1) is 18.2. The highest BCUT2D eigenvalue weighted by molar-refractivity contribution is 6.02. The smallest absolute Gasteiger partial charge is 0.276 e. The van der Waals surface area contributed by atoms with Crippen molar-refractivity contribution >= 4 is 17.4 Å². The van der Waals surface area contributed by atoms with Crippen molar-refractivity contribution in [3.63, 3.8) is 0 Å². The number of carbonyl (C=O) groups is 1.